The molecule has 1 aliphatic heterocycles. The molecule has 1 saturated heterocycles. The Morgan fingerprint density at radius 1 is 1.29 bits per heavy atom. The van der Waals surface area contributed by atoms with E-state index in [9.17, 15) is 4.79 Å². The van der Waals surface area contributed by atoms with Crippen molar-refractivity contribution in [1.29, 1.82) is 0 Å². The zero-order valence-corrected chi connectivity index (χ0v) is 12.5. The molecule has 6 nitrogen and oxygen atoms in total. The molecule has 2 rings (SSSR count). The molecule has 0 N–H and O–H groups in total. The van der Waals surface area contributed by atoms with Gasteiger partial charge >= 0.3 is 5.97 Å². The van der Waals surface area contributed by atoms with Crippen molar-refractivity contribution in [3.8, 4) is 11.5 Å². The van der Waals surface area contributed by atoms with Crippen molar-refractivity contribution >= 4 is 5.97 Å². The molecule has 0 amide bonds. The van der Waals surface area contributed by atoms with Gasteiger partial charge in [0.05, 0.1) is 27.4 Å². The monoisotopic (exact) mass is 295 g/mol. The number of morpholine rings is 1. The first-order valence-electron chi connectivity index (χ1n) is 6.94. The molecule has 116 valence electrons. The van der Waals surface area contributed by atoms with Gasteiger partial charge in [0.25, 0.3) is 0 Å². The summed E-state index contributed by atoms with van der Waals surface area (Å²) >= 11 is 0. The van der Waals surface area contributed by atoms with Gasteiger partial charge in [0.2, 0.25) is 0 Å². The van der Waals surface area contributed by atoms with Crippen molar-refractivity contribution in [3.63, 3.8) is 0 Å². The third-order valence-corrected chi connectivity index (χ3v) is 3.36. The minimum absolute atomic E-state index is 0.403. The van der Waals surface area contributed by atoms with E-state index in [1.165, 1.54) is 7.11 Å². The molecular weight excluding hydrogens is 274 g/mol. The molecule has 1 fully saturated rings. The predicted octanol–water partition coefficient (Wildman–Crippen LogP) is 1.19. The Morgan fingerprint density at radius 2 is 2.05 bits per heavy atom. The molecule has 0 unspecified atom stereocenters. The van der Waals surface area contributed by atoms with Crippen LogP contribution in [-0.2, 0) is 9.47 Å². The van der Waals surface area contributed by atoms with Crippen LogP contribution in [0.3, 0.4) is 0 Å². The normalized spacial score (nSPS) is 15.5. The highest BCUT2D eigenvalue weighted by Crippen LogP contribution is 2.25. The van der Waals surface area contributed by atoms with Crippen molar-refractivity contribution in [2.45, 2.75) is 0 Å². The molecule has 1 heterocycles. The molecule has 0 bridgehead atoms. The molecule has 1 aliphatic rings. The van der Waals surface area contributed by atoms with Gasteiger partial charge in [-0.15, -0.1) is 0 Å². The van der Waals surface area contributed by atoms with Gasteiger partial charge in [-0.1, -0.05) is 0 Å². The Balaban J connectivity index is 1.97. The molecule has 0 radical (unpaired) electrons. The van der Waals surface area contributed by atoms with Crippen LogP contribution in [0.4, 0.5) is 0 Å². The number of esters is 1. The number of benzene rings is 1. The van der Waals surface area contributed by atoms with Gasteiger partial charge in [-0.3, -0.25) is 4.90 Å². The number of hydrogen-bond donors (Lipinski definition) is 0. The van der Waals surface area contributed by atoms with E-state index in [2.05, 4.69) is 4.90 Å². The first-order valence-corrected chi connectivity index (χ1v) is 6.94. The van der Waals surface area contributed by atoms with E-state index in [1.54, 1.807) is 25.3 Å². The summed E-state index contributed by atoms with van der Waals surface area (Å²) in [6.45, 7) is 4.62. The Bertz CT molecular complexity index is 471. The van der Waals surface area contributed by atoms with Crippen LogP contribution >= 0.6 is 0 Å². The lowest BCUT2D eigenvalue weighted by atomic mass is 10.2. The van der Waals surface area contributed by atoms with Crippen LogP contribution in [0.1, 0.15) is 10.4 Å². The lowest BCUT2D eigenvalue weighted by molar-refractivity contribution is 0.0321. The van der Waals surface area contributed by atoms with E-state index < -0.39 is 5.97 Å². The fourth-order valence-corrected chi connectivity index (χ4v) is 2.14. The summed E-state index contributed by atoms with van der Waals surface area (Å²) in [4.78, 5) is 14.0. The highest BCUT2D eigenvalue weighted by molar-refractivity contribution is 5.92. The molecule has 1 aromatic rings. The first kappa shape index (κ1) is 15.6. The summed E-state index contributed by atoms with van der Waals surface area (Å²) in [5, 5.41) is 0. The Labute approximate surface area is 124 Å². The maximum atomic E-state index is 11.7. The molecule has 21 heavy (non-hydrogen) atoms. The van der Waals surface area contributed by atoms with Gasteiger partial charge in [-0.2, -0.15) is 0 Å². The van der Waals surface area contributed by atoms with E-state index in [1.807, 2.05) is 0 Å². The minimum atomic E-state index is -0.418. The largest absolute Gasteiger partial charge is 0.497 e. The summed E-state index contributed by atoms with van der Waals surface area (Å²) in [5.74, 6) is 0.706. The number of carbonyl (C=O) groups is 1. The number of rotatable bonds is 6. The third-order valence-electron chi connectivity index (χ3n) is 3.36. The summed E-state index contributed by atoms with van der Waals surface area (Å²) in [6, 6.07) is 5.06. The van der Waals surface area contributed by atoms with E-state index in [0.717, 1.165) is 32.8 Å². The van der Waals surface area contributed by atoms with Crippen LogP contribution in [0.5, 0.6) is 11.5 Å². The van der Waals surface area contributed by atoms with Crippen LogP contribution in [0, 0.1) is 0 Å². The second-order valence-corrected chi connectivity index (χ2v) is 4.66. The van der Waals surface area contributed by atoms with Crippen molar-refractivity contribution < 1.29 is 23.7 Å². The van der Waals surface area contributed by atoms with Crippen LogP contribution in [0.2, 0.25) is 0 Å². The second-order valence-electron chi connectivity index (χ2n) is 4.66. The topological polar surface area (TPSA) is 57.2 Å². The standard InChI is InChI=1S/C15H21NO5/c1-18-12-3-4-13(15(17)19-2)14(11-12)21-10-7-16-5-8-20-9-6-16/h3-4,11H,5-10H2,1-2H3. The number of methoxy groups -OCH3 is 2. The summed E-state index contributed by atoms with van der Waals surface area (Å²) in [6.07, 6.45) is 0. The van der Waals surface area contributed by atoms with Crippen molar-refractivity contribution in [3.05, 3.63) is 23.8 Å². The van der Waals surface area contributed by atoms with Crippen molar-refractivity contribution in [2.75, 3.05) is 53.7 Å². The molecule has 0 spiro atoms. The van der Waals surface area contributed by atoms with Crippen LogP contribution in [-0.4, -0.2) is 64.5 Å². The molecule has 0 atom stereocenters. The highest BCUT2D eigenvalue weighted by atomic mass is 16.5. The lowest BCUT2D eigenvalue weighted by Crippen LogP contribution is -2.38. The quantitative estimate of drug-likeness (QED) is 0.735. The molecule has 0 aromatic heterocycles. The van der Waals surface area contributed by atoms with E-state index in [-0.39, 0.29) is 0 Å². The fourth-order valence-electron chi connectivity index (χ4n) is 2.14. The number of hydrogen-bond acceptors (Lipinski definition) is 6. The van der Waals surface area contributed by atoms with Gasteiger partial charge in [-0.25, -0.2) is 4.79 Å². The van der Waals surface area contributed by atoms with Crippen LogP contribution in [0.25, 0.3) is 0 Å². The van der Waals surface area contributed by atoms with Crippen LogP contribution < -0.4 is 9.47 Å². The van der Waals surface area contributed by atoms with Crippen molar-refractivity contribution in [1.82, 2.24) is 4.90 Å². The third kappa shape index (κ3) is 4.34. The summed E-state index contributed by atoms with van der Waals surface area (Å²) < 4.78 is 21.0. The van der Waals surface area contributed by atoms with E-state index in [0.29, 0.717) is 23.7 Å². The number of ether oxygens (including phenoxy) is 4. The van der Waals surface area contributed by atoms with E-state index in [4.69, 9.17) is 18.9 Å². The summed E-state index contributed by atoms with van der Waals surface area (Å²) in [5.41, 5.74) is 0.403. The Kier molecular flexibility index (Phi) is 5.83. The number of carbonyl (C=O) groups excluding carboxylic acids is 1. The van der Waals surface area contributed by atoms with Gasteiger partial charge < -0.3 is 18.9 Å². The molecule has 6 heteroatoms. The average molecular weight is 295 g/mol. The Hall–Kier alpha value is -1.79. The SMILES string of the molecule is COC(=O)c1ccc(OC)cc1OCCN1CCOCC1. The lowest BCUT2D eigenvalue weighted by Gasteiger charge is -2.26. The predicted molar refractivity (Wildman–Crippen MR) is 77.1 cm³/mol. The zero-order chi connectivity index (χ0) is 15.1. The van der Waals surface area contributed by atoms with Gasteiger partial charge in [0.15, 0.2) is 0 Å². The molecule has 1 aromatic carbocycles. The highest BCUT2D eigenvalue weighted by Gasteiger charge is 2.15. The maximum Gasteiger partial charge on any atom is 0.341 e. The Morgan fingerprint density at radius 3 is 2.71 bits per heavy atom. The minimum Gasteiger partial charge on any atom is -0.497 e. The smallest absolute Gasteiger partial charge is 0.341 e. The van der Waals surface area contributed by atoms with E-state index >= 15 is 0 Å². The first-order chi connectivity index (χ1) is 10.2. The van der Waals surface area contributed by atoms with Crippen molar-refractivity contribution in [2.24, 2.45) is 0 Å². The molecule has 0 saturated carbocycles. The molecular formula is C15H21NO5. The fraction of sp³-hybridized carbons (Fsp3) is 0.533. The van der Waals surface area contributed by atoms with Gasteiger partial charge in [0, 0.05) is 25.7 Å². The van der Waals surface area contributed by atoms with Gasteiger partial charge in [0.1, 0.15) is 23.7 Å². The summed E-state index contributed by atoms with van der Waals surface area (Å²) in [7, 11) is 2.93. The number of nitrogens with zero attached hydrogens (tertiary/aromatic N) is 1. The van der Waals surface area contributed by atoms with Gasteiger partial charge in [-0.05, 0) is 12.1 Å². The zero-order valence-electron chi connectivity index (χ0n) is 12.5. The maximum absolute atomic E-state index is 11.7. The van der Waals surface area contributed by atoms with Crippen LogP contribution in [0.15, 0.2) is 18.2 Å². The second kappa shape index (κ2) is 7.85. The average Bonchev–Trinajstić information content (AvgIpc) is 2.55. The molecule has 0 aliphatic carbocycles.